The minimum Gasteiger partial charge on any atom is -0.453 e. The molecule has 2 aliphatic heterocycles. The molecule has 0 radical (unpaired) electrons. The molecule has 1 spiro atoms. The largest absolute Gasteiger partial charge is 0.453 e. The van der Waals surface area contributed by atoms with E-state index in [0.29, 0.717) is 36.0 Å². The Hall–Kier alpha value is -3.60. The normalized spacial score (nSPS) is 18.9. The van der Waals surface area contributed by atoms with Crippen LogP contribution in [-0.4, -0.2) is 61.0 Å². The van der Waals surface area contributed by atoms with Crippen molar-refractivity contribution in [2.75, 3.05) is 19.6 Å². The van der Waals surface area contributed by atoms with Gasteiger partial charge in [0.15, 0.2) is 11.6 Å². The summed E-state index contributed by atoms with van der Waals surface area (Å²) in [6.45, 7) is 11.6. The van der Waals surface area contributed by atoms with E-state index in [1.165, 1.54) is 24.8 Å². The lowest BCUT2D eigenvalue weighted by Crippen LogP contribution is -2.61. The molecule has 11 heteroatoms. The number of carbonyl (C=O) groups excluding carboxylic acids is 1. The van der Waals surface area contributed by atoms with Crippen molar-refractivity contribution in [1.29, 1.82) is 0 Å². The van der Waals surface area contributed by atoms with E-state index in [4.69, 9.17) is 9.47 Å². The molecule has 2 aliphatic rings. The Labute approximate surface area is 221 Å². The molecule has 1 amide bonds. The fourth-order valence-corrected chi connectivity index (χ4v) is 5.13. The molecule has 1 atom stereocenters. The maximum absolute atomic E-state index is 14.3. The van der Waals surface area contributed by atoms with Gasteiger partial charge in [-0.3, -0.25) is 0 Å². The lowest BCUT2D eigenvalue weighted by atomic mass is 9.65. The molecule has 0 saturated carbocycles. The molecule has 0 aliphatic carbocycles. The van der Waals surface area contributed by atoms with E-state index >= 15 is 0 Å². The van der Waals surface area contributed by atoms with Crippen LogP contribution >= 0.6 is 0 Å². The smallest absolute Gasteiger partial charge is 0.410 e. The van der Waals surface area contributed by atoms with Crippen LogP contribution in [0, 0.1) is 11.2 Å². The summed E-state index contributed by atoms with van der Waals surface area (Å²) in [5.74, 6) is 1.04. The minimum atomic E-state index is -0.526. The van der Waals surface area contributed by atoms with Crippen LogP contribution in [0.4, 0.5) is 9.18 Å². The summed E-state index contributed by atoms with van der Waals surface area (Å²) in [6.07, 6.45) is 5.94. The predicted octanol–water partition coefficient (Wildman–Crippen LogP) is 4.91. The van der Waals surface area contributed by atoms with Crippen LogP contribution in [-0.2, 0) is 4.74 Å². The Morgan fingerprint density at radius 3 is 2.58 bits per heavy atom. The number of rotatable bonds is 5. The number of amides is 1. The Bertz CT molecular complexity index is 1310. The highest BCUT2D eigenvalue weighted by molar-refractivity contribution is 5.68. The Kier molecular flexibility index (Phi) is 6.81. The molecule has 2 fully saturated rings. The third kappa shape index (κ3) is 5.07. The van der Waals surface area contributed by atoms with Gasteiger partial charge in [-0.15, -0.1) is 0 Å². The quantitative estimate of drug-likeness (QED) is 0.503. The second kappa shape index (κ2) is 9.94. The summed E-state index contributed by atoms with van der Waals surface area (Å²) < 4.78 is 28.0. The average Bonchev–Trinajstić information content (AvgIpc) is 3.35. The SMILES string of the molecule is CC(C)n1ncnc1-c1cc(F)ccc1Oc1cncnc1C1NCC12CCN(C(=O)OC(C)(C)C)CC2. The Morgan fingerprint density at radius 2 is 1.92 bits per heavy atom. The first kappa shape index (κ1) is 26.0. The zero-order valence-corrected chi connectivity index (χ0v) is 22.4. The summed E-state index contributed by atoms with van der Waals surface area (Å²) in [4.78, 5) is 27.5. The van der Waals surface area contributed by atoms with Crippen LogP contribution in [0.3, 0.4) is 0 Å². The molecule has 3 aromatic rings. The highest BCUT2D eigenvalue weighted by atomic mass is 19.1. The first-order valence-corrected chi connectivity index (χ1v) is 12.9. The number of benzene rings is 1. The fraction of sp³-hybridized carbons (Fsp3) is 0.519. The summed E-state index contributed by atoms with van der Waals surface area (Å²) >= 11 is 0. The lowest BCUT2D eigenvalue weighted by molar-refractivity contribution is -0.0195. The van der Waals surface area contributed by atoms with Crippen LogP contribution in [0.5, 0.6) is 11.5 Å². The molecule has 10 nitrogen and oxygen atoms in total. The van der Waals surface area contributed by atoms with Gasteiger partial charge in [0, 0.05) is 31.1 Å². The number of nitrogens with one attached hydrogen (secondary N) is 1. The van der Waals surface area contributed by atoms with Crippen molar-refractivity contribution >= 4 is 6.09 Å². The van der Waals surface area contributed by atoms with Gasteiger partial charge in [-0.25, -0.2) is 28.8 Å². The lowest BCUT2D eigenvalue weighted by Gasteiger charge is -2.54. The maximum Gasteiger partial charge on any atom is 0.410 e. The van der Waals surface area contributed by atoms with Crippen molar-refractivity contribution in [3.8, 4) is 22.9 Å². The van der Waals surface area contributed by atoms with Crippen LogP contribution in [0.15, 0.2) is 37.1 Å². The van der Waals surface area contributed by atoms with E-state index in [-0.39, 0.29) is 23.6 Å². The minimum absolute atomic E-state index is 0.0322. The molecule has 0 bridgehead atoms. The van der Waals surface area contributed by atoms with Crippen LogP contribution < -0.4 is 10.1 Å². The molecule has 1 aromatic carbocycles. The number of ether oxygens (including phenoxy) is 2. The monoisotopic (exact) mass is 523 g/mol. The standard InChI is InChI=1S/C27H34FN7O3/c1-17(2)35-24(32-16-33-35)19-12-18(28)6-7-20(19)37-21-13-29-15-31-22(21)23-27(14-30-23)8-10-34(11-9-27)25(36)38-26(3,4)5/h6-7,12-13,15-17,23,30H,8-11,14H2,1-5H3. The van der Waals surface area contributed by atoms with E-state index in [0.717, 1.165) is 25.1 Å². The zero-order valence-electron chi connectivity index (χ0n) is 22.4. The van der Waals surface area contributed by atoms with Gasteiger partial charge in [0.1, 0.15) is 35.5 Å². The number of hydrogen-bond donors (Lipinski definition) is 1. The summed E-state index contributed by atoms with van der Waals surface area (Å²) in [7, 11) is 0. The predicted molar refractivity (Wildman–Crippen MR) is 138 cm³/mol. The molecule has 202 valence electrons. The van der Waals surface area contributed by atoms with Crippen molar-refractivity contribution in [3.63, 3.8) is 0 Å². The number of hydrogen-bond acceptors (Lipinski definition) is 8. The second-order valence-corrected chi connectivity index (χ2v) is 11.3. The zero-order chi connectivity index (χ0) is 27.1. The number of aromatic nitrogens is 5. The number of likely N-dealkylation sites (tertiary alicyclic amines) is 1. The van der Waals surface area contributed by atoms with Crippen molar-refractivity contribution in [2.45, 2.75) is 65.1 Å². The van der Waals surface area contributed by atoms with Crippen LogP contribution in [0.25, 0.3) is 11.4 Å². The second-order valence-electron chi connectivity index (χ2n) is 11.3. The van der Waals surface area contributed by atoms with Gasteiger partial charge < -0.3 is 19.7 Å². The van der Waals surface area contributed by atoms with Gasteiger partial charge >= 0.3 is 6.09 Å². The van der Waals surface area contributed by atoms with Crippen LogP contribution in [0.2, 0.25) is 0 Å². The molecule has 1 unspecified atom stereocenters. The van der Waals surface area contributed by atoms with Gasteiger partial charge in [0.05, 0.1) is 17.8 Å². The number of halogens is 1. The first-order chi connectivity index (χ1) is 18.1. The highest BCUT2D eigenvalue weighted by Crippen LogP contribution is 2.50. The van der Waals surface area contributed by atoms with Crippen molar-refractivity contribution < 1.29 is 18.7 Å². The number of nitrogens with zero attached hydrogens (tertiary/aromatic N) is 6. The van der Waals surface area contributed by atoms with Gasteiger partial charge in [0.25, 0.3) is 0 Å². The van der Waals surface area contributed by atoms with E-state index in [1.807, 2.05) is 34.6 Å². The summed E-state index contributed by atoms with van der Waals surface area (Å²) in [5, 5.41) is 7.80. The molecule has 38 heavy (non-hydrogen) atoms. The maximum atomic E-state index is 14.3. The van der Waals surface area contributed by atoms with Gasteiger partial charge in [0.2, 0.25) is 0 Å². The van der Waals surface area contributed by atoms with Crippen LogP contribution in [0.1, 0.15) is 65.2 Å². The van der Waals surface area contributed by atoms with Gasteiger partial charge in [-0.05, 0) is 65.7 Å². The molecule has 5 rings (SSSR count). The van der Waals surface area contributed by atoms with E-state index in [1.54, 1.807) is 21.8 Å². The van der Waals surface area contributed by atoms with Gasteiger partial charge in [-0.1, -0.05) is 0 Å². The number of piperidine rings is 1. The highest BCUT2D eigenvalue weighted by Gasteiger charge is 2.51. The van der Waals surface area contributed by atoms with Gasteiger partial charge in [-0.2, -0.15) is 5.10 Å². The summed E-state index contributed by atoms with van der Waals surface area (Å²) in [6, 6.07) is 4.31. The average molecular weight is 524 g/mol. The molecule has 1 N–H and O–H groups in total. The Balaban J connectivity index is 1.38. The third-order valence-corrected chi connectivity index (χ3v) is 7.13. The van der Waals surface area contributed by atoms with Crippen molar-refractivity contribution in [3.05, 3.63) is 48.6 Å². The van der Waals surface area contributed by atoms with E-state index in [9.17, 15) is 9.18 Å². The van der Waals surface area contributed by atoms with E-state index < -0.39 is 11.4 Å². The van der Waals surface area contributed by atoms with Crippen molar-refractivity contribution in [1.82, 2.24) is 34.9 Å². The summed E-state index contributed by atoms with van der Waals surface area (Å²) in [5.41, 5.74) is 0.640. The van der Waals surface area contributed by atoms with E-state index in [2.05, 4.69) is 25.4 Å². The number of carbonyl (C=O) groups is 1. The third-order valence-electron chi connectivity index (χ3n) is 7.13. The van der Waals surface area contributed by atoms with Crippen molar-refractivity contribution in [2.24, 2.45) is 5.41 Å². The molecule has 2 aromatic heterocycles. The first-order valence-electron chi connectivity index (χ1n) is 12.9. The Morgan fingerprint density at radius 1 is 1.16 bits per heavy atom. The fourth-order valence-electron chi connectivity index (χ4n) is 5.13. The molecular weight excluding hydrogens is 489 g/mol. The topological polar surface area (TPSA) is 107 Å². The molecule has 4 heterocycles. The molecular formula is C27H34FN7O3. The molecule has 2 saturated heterocycles.